The molecule has 1 atom stereocenters. The topological polar surface area (TPSA) is 56.1 Å². The highest BCUT2D eigenvalue weighted by Crippen LogP contribution is 2.47. The lowest BCUT2D eigenvalue weighted by atomic mass is 9.79. The summed E-state index contributed by atoms with van der Waals surface area (Å²) in [4.78, 5) is 15.5. The van der Waals surface area contributed by atoms with E-state index in [-0.39, 0.29) is 17.9 Å². The van der Waals surface area contributed by atoms with Gasteiger partial charge >= 0.3 is 0 Å². The van der Waals surface area contributed by atoms with Crippen molar-refractivity contribution in [1.82, 2.24) is 4.98 Å². The Balaban J connectivity index is 1.49. The molecule has 7 rings (SSSR count). The monoisotopic (exact) mass is 669 g/mol. The van der Waals surface area contributed by atoms with Crippen LogP contribution in [-0.4, -0.2) is 36.4 Å². The van der Waals surface area contributed by atoms with Gasteiger partial charge in [-0.15, -0.1) is 0 Å². The standard InChI is InChI=1S/C46H43N3O2/c1-31(2)42-30-51-46(49-42)41-27-17-26-40(48-41)32(3)47-45-38(43(33-18-9-5-10-19-33)34-20-11-6-12-21-34)28-37(50-4)29-39(45)44(35-22-13-7-14-23-35)36-24-15-8-16-25-36/h5-29,31,42-44H,30H2,1-4H3/t42-/m1/s1. The van der Waals surface area contributed by atoms with Crippen LogP contribution >= 0.6 is 0 Å². The Bertz CT molecular complexity index is 1950. The number of benzene rings is 5. The zero-order valence-electron chi connectivity index (χ0n) is 29.6. The van der Waals surface area contributed by atoms with Gasteiger partial charge in [-0.2, -0.15) is 0 Å². The van der Waals surface area contributed by atoms with Crippen molar-refractivity contribution in [1.29, 1.82) is 0 Å². The maximum absolute atomic E-state index is 6.09. The van der Waals surface area contributed by atoms with E-state index in [0.29, 0.717) is 18.4 Å². The predicted octanol–water partition coefficient (Wildman–Crippen LogP) is 10.4. The fourth-order valence-corrected chi connectivity index (χ4v) is 6.88. The van der Waals surface area contributed by atoms with Crippen LogP contribution in [0, 0.1) is 5.92 Å². The summed E-state index contributed by atoms with van der Waals surface area (Å²) in [7, 11) is 1.74. The van der Waals surface area contributed by atoms with E-state index < -0.39 is 0 Å². The SMILES string of the molecule is COc1cc(C(c2ccccc2)c2ccccc2)c(N=C(C)c2cccc(C3=N[C@@H](C(C)C)CO3)n2)c(C(c2ccccc2)c2ccccc2)c1. The van der Waals surface area contributed by atoms with E-state index in [1.165, 1.54) is 22.3 Å². The average Bonchev–Trinajstić information content (AvgIpc) is 3.69. The first-order valence-electron chi connectivity index (χ1n) is 17.7. The summed E-state index contributed by atoms with van der Waals surface area (Å²) in [6.07, 6.45) is 0. The average molecular weight is 670 g/mol. The molecule has 0 aliphatic carbocycles. The minimum Gasteiger partial charge on any atom is -0.497 e. The number of pyridine rings is 1. The third kappa shape index (κ3) is 7.39. The van der Waals surface area contributed by atoms with Gasteiger partial charge < -0.3 is 9.47 Å². The second-order valence-electron chi connectivity index (χ2n) is 13.3. The van der Waals surface area contributed by atoms with Crippen molar-refractivity contribution in [2.45, 2.75) is 38.6 Å². The van der Waals surface area contributed by atoms with Gasteiger partial charge in [-0.1, -0.05) is 141 Å². The lowest BCUT2D eigenvalue weighted by Gasteiger charge is -2.27. The lowest BCUT2D eigenvalue weighted by Crippen LogP contribution is -2.13. The second kappa shape index (κ2) is 15.4. The molecule has 0 N–H and O–H groups in total. The van der Waals surface area contributed by atoms with E-state index in [2.05, 4.69) is 147 Å². The molecule has 51 heavy (non-hydrogen) atoms. The molecule has 5 nitrogen and oxygen atoms in total. The first kappa shape index (κ1) is 33.7. The van der Waals surface area contributed by atoms with Crippen molar-refractivity contribution >= 4 is 17.3 Å². The van der Waals surface area contributed by atoms with Gasteiger partial charge in [0, 0.05) is 11.8 Å². The van der Waals surface area contributed by atoms with Crippen molar-refractivity contribution in [2.75, 3.05) is 13.7 Å². The summed E-state index contributed by atoms with van der Waals surface area (Å²) in [6.45, 7) is 6.95. The summed E-state index contributed by atoms with van der Waals surface area (Å²) >= 11 is 0. The van der Waals surface area contributed by atoms with Crippen molar-refractivity contribution in [3.05, 3.63) is 196 Å². The number of methoxy groups -OCH3 is 1. The number of aromatic nitrogens is 1. The highest BCUT2D eigenvalue weighted by atomic mass is 16.5. The predicted molar refractivity (Wildman–Crippen MR) is 208 cm³/mol. The Labute approximate surface area is 301 Å². The van der Waals surface area contributed by atoms with Gasteiger partial charge in [-0.3, -0.25) is 4.99 Å². The largest absolute Gasteiger partial charge is 0.497 e. The zero-order valence-corrected chi connectivity index (χ0v) is 29.6. The Morgan fingerprint density at radius 3 is 1.55 bits per heavy atom. The summed E-state index contributed by atoms with van der Waals surface area (Å²) in [6, 6.07) is 53.1. The van der Waals surface area contributed by atoms with E-state index in [0.717, 1.165) is 39.7 Å². The number of hydrogen-bond donors (Lipinski definition) is 0. The molecule has 0 unspecified atom stereocenters. The van der Waals surface area contributed by atoms with Crippen LogP contribution in [0.3, 0.4) is 0 Å². The Hall–Kier alpha value is -5.81. The van der Waals surface area contributed by atoms with Crippen molar-refractivity contribution < 1.29 is 9.47 Å². The Morgan fingerprint density at radius 1 is 0.667 bits per heavy atom. The molecule has 0 radical (unpaired) electrons. The van der Waals surface area contributed by atoms with Gasteiger partial charge in [-0.05, 0) is 70.5 Å². The van der Waals surface area contributed by atoms with Crippen LogP contribution in [0.15, 0.2) is 162 Å². The van der Waals surface area contributed by atoms with Gasteiger partial charge in [0.25, 0.3) is 0 Å². The normalized spacial score (nSPS) is 14.5. The first-order valence-corrected chi connectivity index (χ1v) is 17.7. The number of hydrogen-bond acceptors (Lipinski definition) is 5. The van der Waals surface area contributed by atoms with E-state index in [9.17, 15) is 0 Å². The summed E-state index contributed by atoms with van der Waals surface area (Å²) in [5.74, 6) is 1.53. The maximum atomic E-state index is 6.09. The van der Waals surface area contributed by atoms with E-state index in [1.807, 2.05) is 25.1 Å². The highest BCUT2D eigenvalue weighted by molar-refractivity contribution is 6.01. The highest BCUT2D eigenvalue weighted by Gasteiger charge is 2.29. The fourth-order valence-electron chi connectivity index (χ4n) is 6.88. The van der Waals surface area contributed by atoms with Gasteiger partial charge in [0.05, 0.1) is 30.2 Å². The Morgan fingerprint density at radius 2 is 1.14 bits per heavy atom. The minimum atomic E-state index is -0.117. The number of aliphatic imine (C=N–C) groups is 2. The van der Waals surface area contributed by atoms with Crippen LogP contribution in [-0.2, 0) is 4.74 Å². The minimum absolute atomic E-state index is 0.117. The van der Waals surface area contributed by atoms with Gasteiger partial charge in [-0.25, -0.2) is 9.98 Å². The molecular formula is C46H43N3O2. The summed E-state index contributed by atoms with van der Waals surface area (Å²) < 4.78 is 12.1. The van der Waals surface area contributed by atoms with Crippen molar-refractivity contribution in [3.8, 4) is 5.75 Å². The van der Waals surface area contributed by atoms with Crippen LogP contribution in [0.25, 0.3) is 0 Å². The van der Waals surface area contributed by atoms with Crippen LogP contribution in [0.5, 0.6) is 5.75 Å². The van der Waals surface area contributed by atoms with Crippen LogP contribution in [0.4, 0.5) is 5.69 Å². The van der Waals surface area contributed by atoms with E-state index in [4.69, 9.17) is 24.4 Å². The molecule has 0 amide bonds. The molecule has 1 aliphatic heterocycles. The Kier molecular flexibility index (Phi) is 10.2. The smallest absolute Gasteiger partial charge is 0.235 e. The van der Waals surface area contributed by atoms with Crippen LogP contribution in [0.1, 0.15) is 77.4 Å². The quantitative estimate of drug-likeness (QED) is 0.102. The van der Waals surface area contributed by atoms with Crippen LogP contribution < -0.4 is 4.74 Å². The summed E-state index contributed by atoms with van der Waals surface area (Å²) in [5.41, 5.74) is 9.97. The first-order chi connectivity index (χ1) is 25.0. The molecule has 0 saturated carbocycles. The molecule has 0 spiro atoms. The van der Waals surface area contributed by atoms with Gasteiger partial charge in [0.1, 0.15) is 18.1 Å². The lowest BCUT2D eigenvalue weighted by molar-refractivity contribution is 0.291. The molecule has 0 bridgehead atoms. The maximum Gasteiger partial charge on any atom is 0.235 e. The number of rotatable bonds is 11. The van der Waals surface area contributed by atoms with E-state index >= 15 is 0 Å². The number of nitrogens with zero attached hydrogens (tertiary/aromatic N) is 3. The zero-order chi connectivity index (χ0) is 35.2. The molecule has 0 fully saturated rings. The third-order valence-corrected chi connectivity index (χ3v) is 9.59. The molecule has 0 saturated heterocycles. The van der Waals surface area contributed by atoms with E-state index in [1.54, 1.807) is 7.11 Å². The van der Waals surface area contributed by atoms with Crippen molar-refractivity contribution in [2.24, 2.45) is 15.9 Å². The number of ether oxygens (including phenoxy) is 2. The molecular weight excluding hydrogens is 627 g/mol. The molecule has 6 aromatic rings. The molecule has 1 aromatic heterocycles. The summed E-state index contributed by atoms with van der Waals surface area (Å²) in [5, 5.41) is 0. The molecule has 5 heteroatoms. The molecule has 2 heterocycles. The molecule has 254 valence electrons. The molecule has 5 aromatic carbocycles. The van der Waals surface area contributed by atoms with Gasteiger partial charge in [0.15, 0.2) is 0 Å². The molecule has 1 aliphatic rings. The van der Waals surface area contributed by atoms with Crippen LogP contribution in [0.2, 0.25) is 0 Å². The van der Waals surface area contributed by atoms with Crippen molar-refractivity contribution in [3.63, 3.8) is 0 Å². The third-order valence-electron chi connectivity index (χ3n) is 9.59. The fraction of sp³-hybridized carbons (Fsp3) is 0.196. The van der Waals surface area contributed by atoms with Gasteiger partial charge in [0.2, 0.25) is 5.90 Å². The second-order valence-corrected chi connectivity index (χ2v) is 13.3.